The molecular weight excluding hydrogens is 628 g/mol. The number of unbranched alkanes of at least 4 members (excludes halogenated alkanes) is 3. The maximum atomic E-state index is 13.6. The van der Waals surface area contributed by atoms with Gasteiger partial charge in [-0.15, -0.1) is 0 Å². The predicted molar refractivity (Wildman–Crippen MR) is 180 cm³/mol. The van der Waals surface area contributed by atoms with Crippen molar-refractivity contribution < 1.29 is 33.9 Å². The van der Waals surface area contributed by atoms with E-state index in [1.54, 1.807) is 0 Å². The van der Waals surface area contributed by atoms with Gasteiger partial charge in [-0.2, -0.15) is 0 Å². The maximum Gasteiger partial charge on any atom is 0.326 e. The molecule has 0 aliphatic rings. The number of rotatable bonds is 27. The van der Waals surface area contributed by atoms with E-state index < -0.39 is 65.7 Å². The van der Waals surface area contributed by atoms with Crippen LogP contribution in [0.3, 0.4) is 0 Å². The van der Waals surface area contributed by atoms with Crippen molar-refractivity contribution in [1.82, 2.24) is 31.9 Å². The first kappa shape index (κ1) is 43.9. The van der Waals surface area contributed by atoms with Crippen LogP contribution in [-0.4, -0.2) is 110 Å². The van der Waals surface area contributed by atoms with Crippen LogP contribution in [0.5, 0.6) is 0 Å². The van der Waals surface area contributed by atoms with Gasteiger partial charge in [0.1, 0.15) is 30.2 Å². The number of carboxylic acids is 1. The third-order valence-electron chi connectivity index (χ3n) is 7.30. The topological polar surface area (TPSA) is 349 Å². The predicted octanol–water partition coefficient (Wildman–Crippen LogP) is -3.88. The first-order chi connectivity index (χ1) is 22.8. The van der Waals surface area contributed by atoms with Crippen molar-refractivity contribution >= 4 is 41.5 Å². The normalized spacial score (nSPS) is 13.9. The molecule has 0 bridgehead atoms. The second kappa shape index (κ2) is 26.0. The molecule has 0 aliphatic carbocycles. The quantitative estimate of drug-likeness (QED) is 0.0224. The first-order valence-electron chi connectivity index (χ1n) is 16.4. The molecule has 0 fully saturated rings. The number of amides is 5. The van der Waals surface area contributed by atoms with E-state index in [1.807, 2.05) is 0 Å². The summed E-state index contributed by atoms with van der Waals surface area (Å²) in [5.41, 5.74) is 27.4. The Kier molecular flexibility index (Phi) is 23.8. The molecule has 19 nitrogen and oxygen atoms in total. The minimum atomic E-state index is -1.23. The van der Waals surface area contributed by atoms with Crippen molar-refractivity contribution in [3.8, 4) is 0 Å². The summed E-state index contributed by atoms with van der Waals surface area (Å²) in [6.45, 7) is 2.36. The Labute approximate surface area is 281 Å². The Morgan fingerprint density at radius 2 is 0.979 bits per heavy atom. The summed E-state index contributed by atoms with van der Waals surface area (Å²) >= 11 is 0. The highest BCUT2D eigenvalue weighted by Crippen LogP contribution is 2.08. The van der Waals surface area contributed by atoms with E-state index in [-0.39, 0.29) is 51.2 Å². The number of carbonyl (C=O) groups excluding carboxylic acids is 5. The summed E-state index contributed by atoms with van der Waals surface area (Å²) in [6.07, 6.45) is 4.15. The number of hydrogen-bond donors (Lipinski definition) is 13. The van der Waals surface area contributed by atoms with Crippen LogP contribution in [-0.2, 0) is 28.8 Å². The molecule has 0 saturated heterocycles. The zero-order valence-corrected chi connectivity index (χ0v) is 28.0. The zero-order chi connectivity index (χ0) is 36.5. The number of guanidine groups is 1. The highest BCUT2D eigenvalue weighted by molar-refractivity contribution is 5.96. The van der Waals surface area contributed by atoms with Crippen LogP contribution in [0.1, 0.15) is 77.6 Å². The van der Waals surface area contributed by atoms with E-state index in [4.69, 9.17) is 34.1 Å². The summed E-state index contributed by atoms with van der Waals surface area (Å²) < 4.78 is 0. The van der Waals surface area contributed by atoms with Gasteiger partial charge in [0.2, 0.25) is 29.5 Å². The summed E-state index contributed by atoms with van der Waals surface area (Å²) in [6, 6.07) is -5.61. The number of hydrogen-bond acceptors (Lipinski definition) is 11. The van der Waals surface area contributed by atoms with E-state index in [9.17, 15) is 33.9 Å². The van der Waals surface area contributed by atoms with Crippen molar-refractivity contribution in [1.29, 1.82) is 5.41 Å². The molecule has 0 unspecified atom stereocenters. The summed E-state index contributed by atoms with van der Waals surface area (Å²) in [5.74, 6) is -4.83. The fourth-order valence-electron chi connectivity index (χ4n) is 4.55. The van der Waals surface area contributed by atoms with Gasteiger partial charge < -0.3 is 65.7 Å². The van der Waals surface area contributed by atoms with Crippen molar-refractivity contribution in [2.75, 3.05) is 32.7 Å². The van der Waals surface area contributed by atoms with E-state index in [0.717, 1.165) is 0 Å². The molecule has 0 aromatic carbocycles. The molecule has 19 heteroatoms. The molecule has 0 aromatic heterocycles. The molecule has 48 heavy (non-hydrogen) atoms. The monoisotopic (exact) mass is 686 g/mol. The Balaban J connectivity index is 5.89. The highest BCUT2D eigenvalue weighted by Gasteiger charge is 2.31. The Morgan fingerprint density at radius 3 is 1.40 bits per heavy atom. The molecule has 0 saturated carbocycles. The van der Waals surface area contributed by atoms with Gasteiger partial charge in [-0.05, 0) is 97.2 Å². The lowest BCUT2D eigenvalue weighted by atomic mass is 10.0. The number of nitrogens with one attached hydrogen (secondary N) is 7. The van der Waals surface area contributed by atoms with Crippen molar-refractivity contribution in [3.05, 3.63) is 0 Å². The van der Waals surface area contributed by atoms with Gasteiger partial charge in [-0.25, -0.2) is 4.79 Å². The van der Waals surface area contributed by atoms with E-state index in [1.165, 1.54) is 6.92 Å². The number of carbonyl (C=O) groups is 6. The van der Waals surface area contributed by atoms with Gasteiger partial charge in [0, 0.05) is 6.54 Å². The smallest absolute Gasteiger partial charge is 0.326 e. The van der Waals surface area contributed by atoms with Gasteiger partial charge >= 0.3 is 5.97 Å². The van der Waals surface area contributed by atoms with E-state index in [0.29, 0.717) is 58.2 Å². The van der Waals surface area contributed by atoms with Crippen molar-refractivity contribution in [2.24, 2.45) is 28.7 Å². The third kappa shape index (κ3) is 19.6. The Hall–Kier alpha value is -4.07. The molecule has 0 aliphatic heterocycles. The van der Waals surface area contributed by atoms with E-state index in [2.05, 4.69) is 31.9 Å². The SMILES string of the molecule is C[C@H](NC(=O)[C@H](CCCNC(=N)N)NC(=O)[C@H](CCCCN)NC(=O)[C@H](CCCCN)NC(=O)CN)C(=O)N[C@@H](CCCCN)C(=O)O. The van der Waals surface area contributed by atoms with Gasteiger partial charge in [0.25, 0.3) is 0 Å². The lowest BCUT2D eigenvalue weighted by Crippen LogP contribution is -2.58. The van der Waals surface area contributed by atoms with Crippen LogP contribution in [0.2, 0.25) is 0 Å². The van der Waals surface area contributed by atoms with Gasteiger partial charge in [-0.1, -0.05) is 0 Å². The van der Waals surface area contributed by atoms with Crippen LogP contribution in [0, 0.1) is 5.41 Å². The largest absolute Gasteiger partial charge is 0.480 e. The molecule has 0 spiro atoms. The molecule has 276 valence electrons. The minimum Gasteiger partial charge on any atom is -0.480 e. The van der Waals surface area contributed by atoms with Crippen LogP contribution in [0.15, 0.2) is 0 Å². The molecule has 0 rings (SSSR count). The van der Waals surface area contributed by atoms with Crippen LogP contribution in [0.4, 0.5) is 0 Å². The molecule has 0 radical (unpaired) electrons. The number of carboxylic acid groups (broad SMARTS) is 1. The molecule has 0 aromatic rings. The molecule has 18 N–H and O–H groups in total. The lowest BCUT2D eigenvalue weighted by molar-refractivity contribution is -0.142. The van der Waals surface area contributed by atoms with Crippen LogP contribution in [0.25, 0.3) is 0 Å². The molecule has 0 heterocycles. The highest BCUT2D eigenvalue weighted by atomic mass is 16.4. The van der Waals surface area contributed by atoms with Crippen molar-refractivity contribution in [3.63, 3.8) is 0 Å². The lowest BCUT2D eigenvalue weighted by Gasteiger charge is -2.26. The van der Waals surface area contributed by atoms with Crippen molar-refractivity contribution in [2.45, 2.75) is 108 Å². The first-order valence-corrected chi connectivity index (χ1v) is 16.4. The molecular formula is C29H58N12O7. The van der Waals surface area contributed by atoms with Crippen LogP contribution < -0.4 is 60.6 Å². The number of aliphatic carboxylic acids is 1. The zero-order valence-electron chi connectivity index (χ0n) is 28.0. The summed E-state index contributed by atoms with van der Waals surface area (Å²) in [7, 11) is 0. The Bertz CT molecular complexity index is 1030. The second-order valence-electron chi connectivity index (χ2n) is 11.4. The average Bonchev–Trinajstić information content (AvgIpc) is 3.04. The van der Waals surface area contributed by atoms with Crippen LogP contribution >= 0.6 is 0 Å². The minimum absolute atomic E-state index is 0.0563. The standard InChI is InChI=1S/C29H58N12O7/c1-18(24(43)41-22(28(47)48)11-4-7-15-32)37-25(44)21(12-8-16-36-29(34)35)40-27(46)20(10-3-6-14-31)39-26(45)19(9-2-5-13-30)38-23(42)17-33/h18-22H,2-17,30-33H2,1H3,(H,37,44)(H,38,42)(H,39,45)(H,40,46)(H,41,43)(H,47,48)(H4,34,35,36)/t18-,19-,20-,21-,22-/m0/s1. The molecule has 5 amide bonds. The van der Waals surface area contributed by atoms with Gasteiger partial charge in [-0.3, -0.25) is 29.4 Å². The number of nitrogens with two attached hydrogens (primary N) is 5. The average molecular weight is 687 g/mol. The third-order valence-corrected chi connectivity index (χ3v) is 7.30. The van der Waals surface area contributed by atoms with Gasteiger partial charge in [0.05, 0.1) is 6.54 Å². The summed E-state index contributed by atoms with van der Waals surface area (Å²) in [4.78, 5) is 76.6. The fraction of sp³-hybridized carbons (Fsp3) is 0.759. The second-order valence-corrected chi connectivity index (χ2v) is 11.4. The molecule has 5 atom stereocenters. The Morgan fingerprint density at radius 1 is 0.583 bits per heavy atom. The fourth-order valence-corrected chi connectivity index (χ4v) is 4.55. The van der Waals surface area contributed by atoms with E-state index >= 15 is 0 Å². The maximum absolute atomic E-state index is 13.6. The summed E-state index contributed by atoms with van der Waals surface area (Å²) in [5, 5.41) is 32.2. The van der Waals surface area contributed by atoms with Gasteiger partial charge in [0.15, 0.2) is 5.96 Å².